The normalized spacial score (nSPS) is 10.9. The van der Waals surface area contributed by atoms with Gasteiger partial charge in [0.25, 0.3) is 0 Å². The molecule has 0 rings (SSSR count). The standard InChI is InChI=1S/C9H20ClN/c1-3-5-8-11(4-2)9-6-7-10/h3-9H2,1-2H3. The van der Waals surface area contributed by atoms with Gasteiger partial charge in [-0.1, -0.05) is 20.3 Å². The van der Waals surface area contributed by atoms with Crippen molar-refractivity contribution in [1.29, 1.82) is 0 Å². The highest BCUT2D eigenvalue weighted by atomic mass is 35.5. The second kappa shape index (κ2) is 8.35. The molecule has 0 N–H and O–H groups in total. The smallest absolute Gasteiger partial charge is 0.0235 e. The lowest BCUT2D eigenvalue weighted by molar-refractivity contribution is 0.285. The molecule has 0 bridgehead atoms. The molecule has 0 aliphatic carbocycles. The van der Waals surface area contributed by atoms with E-state index < -0.39 is 0 Å². The highest BCUT2D eigenvalue weighted by Gasteiger charge is 1.99. The first-order chi connectivity index (χ1) is 5.35. The van der Waals surface area contributed by atoms with Gasteiger partial charge < -0.3 is 4.90 Å². The lowest BCUT2D eigenvalue weighted by atomic mass is 10.3. The Kier molecular flexibility index (Phi) is 8.54. The van der Waals surface area contributed by atoms with Crippen LogP contribution >= 0.6 is 11.6 Å². The number of hydrogen-bond acceptors (Lipinski definition) is 1. The molecule has 2 heteroatoms. The molecule has 0 unspecified atom stereocenters. The third-order valence-electron chi connectivity index (χ3n) is 1.88. The average molecular weight is 178 g/mol. The zero-order valence-corrected chi connectivity index (χ0v) is 8.53. The van der Waals surface area contributed by atoms with E-state index in [-0.39, 0.29) is 0 Å². The molecule has 0 fully saturated rings. The fraction of sp³-hybridized carbons (Fsp3) is 1.00. The maximum Gasteiger partial charge on any atom is 0.0235 e. The molecule has 11 heavy (non-hydrogen) atoms. The minimum atomic E-state index is 0.794. The molecule has 0 aromatic rings. The maximum atomic E-state index is 5.61. The predicted molar refractivity (Wildman–Crippen MR) is 52.4 cm³/mol. The zero-order valence-electron chi connectivity index (χ0n) is 7.77. The van der Waals surface area contributed by atoms with Crippen molar-refractivity contribution < 1.29 is 0 Å². The van der Waals surface area contributed by atoms with Crippen LogP contribution in [0.4, 0.5) is 0 Å². The van der Waals surface area contributed by atoms with Crippen molar-refractivity contribution in [2.75, 3.05) is 25.5 Å². The lowest BCUT2D eigenvalue weighted by Crippen LogP contribution is -2.25. The van der Waals surface area contributed by atoms with Crippen LogP contribution in [0, 0.1) is 0 Å². The Bertz CT molecular complexity index is 68.0. The van der Waals surface area contributed by atoms with Gasteiger partial charge in [0.15, 0.2) is 0 Å². The van der Waals surface area contributed by atoms with Gasteiger partial charge in [0.05, 0.1) is 0 Å². The average Bonchev–Trinajstić information content (AvgIpc) is 2.05. The van der Waals surface area contributed by atoms with Crippen LogP contribution < -0.4 is 0 Å². The molecule has 0 saturated heterocycles. The molecule has 0 saturated carbocycles. The van der Waals surface area contributed by atoms with Crippen LogP contribution in [-0.2, 0) is 0 Å². The molecule has 0 radical (unpaired) electrons. The fourth-order valence-electron chi connectivity index (χ4n) is 1.09. The SMILES string of the molecule is CCCCN(CC)CCCCl. The quantitative estimate of drug-likeness (QED) is 0.541. The zero-order chi connectivity index (χ0) is 8.53. The van der Waals surface area contributed by atoms with E-state index in [1.807, 2.05) is 0 Å². The minimum absolute atomic E-state index is 0.794. The Hall–Kier alpha value is 0.250. The van der Waals surface area contributed by atoms with E-state index in [1.165, 1.54) is 25.9 Å². The van der Waals surface area contributed by atoms with Crippen LogP contribution in [0.1, 0.15) is 33.1 Å². The van der Waals surface area contributed by atoms with Crippen LogP contribution in [0.2, 0.25) is 0 Å². The summed E-state index contributed by atoms with van der Waals surface area (Å²) in [5, 5.41) is 0. The van der Waals surface area contributed by atoms with Crippen molar-refractivity contribution in [3.05, 3.63) is 0 Å². The summed E-state index contributed by atoms with van der Waals surface area (Å²) < 4.78 is 0. The minimum Gasteiger partial charge on any atom is -0.304 e. The molecule has 1 nitrogen and oxygen atoms in total. The first-order valence-electron chi connectivity index (χ1n) is 4.63. The predicted octanol–water partition coefficient (Wildman–Crippen LogP) is 2.74. The molecular weight excluding hydrogens is 158 g/mol. The molecule has 0 heterocycles. The third-order valence-corrected chi connectivity index (χ3v) is 2.15. The lowest BCUT2D eigenvalue weighted by Gasteiger charge is -2.18. The number of halogens is 1. The van der Waals surface area contributed by atoms with Gasteiger partial charge in [0.1, 0.15) is 0 Å². The van der Waals surface area contributed by atoms with Crippen molar-refractivity contribution >= 4 is 11.6 Å². The highest BCUT2D eigenvalue weighted by Crippen LogP contribution is 1.96. The van der Waals surface area contributed by atoms with Gasteiger partial charge in [-0.15, -0.1) is 11.6 Å². The van der Waals surface area contributed by atoms with Crippen LogP contribution in [0.25, 0.3) is 0 Å². The summed E-state index contributed by atoms with van der Waals surface area (Å²) >= 11 is 5.61. The van der Waals surface area contributed by atoms with E-state index >= 15 is 0 Å². The van der Waals surface area contributed by atoms with Crippen molar-refractivity contribution in [2.45, 2.75) is 33.1 Å². The Morgan fingerprint density at radius 1 is 1.09 bits per heavy atom. The van der Waals surface area contributed by atoms with Gasteiger partial charge in [0, 0.05) is 5.88 Å². The number of rotatable bonds is 7. The van der Waals surface area contributed by atoms with E-state index in [0.29, 0.717) is 0 Å². The van der Waals surface area contributed by atoms with E-state index in [2.05, 4.69) is 18.7 Å². The molecule has 0 amide bonds. The van der Waals surface area contributed by atoms with Crippen LogP contribution in [-0.4, -0.2) is 30.4 Å². The van der Waals surface area contributed by atoms with Crippen LogP contribution in [0.5, 0.6) is 0 Å². The van der Waals surface area contributed by atoms with E-state index in [9.17, 15) is 0 Å². The summed E-state index contributed by atoms with van der Waals surface area (Å²) in [7, 11) is 0. The number of nitrogens with zero attached hydrogens (tertiary/aromatic N) is 1. The second-order valence-corrected chi connectivity index (χ2v) is 3.21. The summed E-state index contributed by atoms with van der Waals surface area (Å²) in [6.45, 7) is 8.01. The third kappa shape index (κ3) is 6.64. The molecule has 0 atom stereocenters. The van der Waals surface area contributed by atoms with Crippen LogP contribution in [0.3, 0.4) is 0 Å². The number of unbranched alkanes of at least 4 members (excludes halogenated alkanes) is 1. The summed E-state index contributed by atoms with van der Waals surface area (Å²) in [4.78, 5) is 2.46. The first kappa shape index (κ1) is 11.2. The van der Waals surface area contributed by atoms with Gasteiger partial charge in [0.2, 0.25) is 0 Å². The van der Waals surface area contributed by atoms with Crippen LogP contribution in [0.15, 0.2) is 0 Å². The van der Waals surface area contributed by atoms with Gasteiger partial charge in [-0.2, -0.15) is 0 Å². The van der Waals surface area contributed by atoms with Gasteiger partial charge >= 0.3 is 0 Å². The Morgan fingerprint density at radius 3 is 2.18 bits per heavy atom. The maximum absolute atomic E-state index is 5.61. The monoisotopic (exact) mass is 177 g/mol. The largest absolute Gasteiger partial charge is 0.304 e. The topological polar surface area (TPSA) is 3.24 Å². The van der Waals surface area contributed by atoms with Crippen molar-refractivity contribution in [1.82, 2.24) is 4.90 Å². The summed E-state index contributed by atoms with van der Waals surface area (Å²) in [5.74, 6) is 0.794. The van der Waals surface area contributed by atoms with Gasteiger partial charge in [-0.3, -0.25) is 0 Å². The van der Waals surface area contributed by atoms with Crippen molar-refractivity contribution in [3.63, 3.8) is 0 Å². The molecule has 0 aromatic heterocycles. The Morgan fingerprint density at radius 2 is 1.73 bits per heavy atom. The second-order valence-electron chi connectivity index (χ2n) is 2.83. The number of hydrogen-bond donors (Lipinski definition) is 0. The Balaban J connectivity index is 3.25. The molecule has 68 valence electrons. The molecule has 0 aliphatic rings. The van der Waals surface area contributed by atoms with E-state index in [4.69, 9.17) is 11.6 Å². The molecular formula is C9H20ClN. The van der Waals surface area contributed by atoms with Gasteiger partial charge in [-0.25, -0.2) is 0 Å². The van der Waals surface area contributed by atoms with E-state index in [0.717, 1.165) is 18.8 Å². The Labute approximate surface area is 75.7 Å². The summed E-state index contributed by atoms with van der Waals surface area (Å²) in [6, 6.07) is 0. The van der Waals surface area contributed by atoms with Crippen molar-refractivity contribution in [3.8, 4) is 0 Å². The van der Waals surface area contributed by atoms with Gasteiger partial charge in [-0.05, 0) is 32.5 Å². The molecule has 0 aromatic carbocycles. The number of alkyl halides is 1. The summed E-state index contributed by atoms with van der Waals surface area (Å²) in [5.41, 5.74) is 0. The molecule has 0 spiro atoms. The molecule has 0 aliphatic heterocycles. The highest BCUT2D eigenvalue weighted by molar-refractivity contribution is 6.17. The summed E-state index contributed by atoms with van der Waals surface area (Å²) in [6.07, 6.45) is 3.73. The van der Waals surface area contributed by atoms with E-state index in [1.54, 1.807) is 0 Å². The first-order valence-corrected chi connectivity index (χ1v) is 5.16. The fourth-order valence-corrected chi connectivity index (χ4v) is 1.21. The van der Waals surface area contributed by atoms with Crippen molar-refractivity contribution in [2.24, 2.45) is 0 Å².